The summed E-state index contributed by atoms with van der Waals surface area (Å²) < 4.78 is 5.81. The third-order valence-electron chi connectivity index (χ3n) is 4.76. The number of thiazole rings is 1. The fourth-order valence-corrected chi connectivity index (χ4v) is 4.02. The number of morpholine rings is 1. The number of hydrogen-bond acceptors (Lipinski definition) is 5. The molecule has 7 heteroatoms. The van der Waals surface area contributed by atoms with Crippen LogP contribution in [0.1, 0.15) is 5.56 Å². The van der Waals surface area contributed by atoms with Gasteiger partial charge in [-0.2, -0.15) is 0 Å². The van der Waals surface area contributed by atoms with E-state index in [0.717, 1.165) is 30.9 Å². The first kappa shape index (κ1) is 19.6. The van der Waals surface area contributed by atoms with Gasteiger partial charge >= 0.3 is 6.03 Å². The molecule has 2 aromatic carbocycles. The fraction of sp³-hybridized carbons (Fsp3) is 0.273. The van der Waals surface area contributed by atoms with Gasteiger partial charge in [-0.05, 0) is 5.56 Å². The quantitative estimate of drug-likeness (QED) is 0.651. The highest BCUT2D eigenvalue weighted by molar-refractivity contribution is 7.14. The Morgan fingerprint density at radius 1 is 1.14 bits per heavy atom. The number of nitrogens with zero attached hydrogens (tertiary/aromatic N) is 2. The number of benzene rings is 2. The molecule has 1 aliphatic rings. The van der Waals surface area contributed by atoms with Gasteiger partial charge in [-0.15, -0.1) is 11.3 Å². The van der Waals surface area contributed by atoms with Crippen molar-refractivity contribution in [2.24, 2.45) is 0 Å². The molecule has 1 saturated heterocycles. The van der Waals surface area contributed by atoms with E-state index in [1.807, 2.05) is 41.8 Å². The van der Waals surface area contributed by atoms with Crippen LogP contribution in [0, 0.1) is 0 Å². The minimum Gasteiger partial charge on any atom is -0.374 e. The molecular weight excluding hydrogens is 384 g/mol. The lowest BCUT2D eigenvalue weighted by molar-refractivity contribution is -0.0285. The van der Waals surface area contributed by atoms with E-state index < -0.39 is 0 Å². The molecule has 150 valence electrons. The molecule has 1 fully saturated rings. The van der Waals surface area contributed by atoms with Crippen molar-refractivity contribution >= 4 is 22.5 Å². The average Bonchev–Trinajstić information content (AvgIpc) is 3.22. The minimum atomic E-state index is -0.261. The van der Waals surface area contributed by atoms with Gasteiger partial charge in [0, 0.05) is 37.1 Å². The van der Waals surface area contributed by atoms with Crippen LogP contribution in [0.2, 0.25) is 0 Å². The summed E-state index contributed by atoms with van der Waals surface area (Å²) in [7, 11) is 0. The number of urea groups is 1. The molecule has 2 heterocycles. The van der Waals surface area contributed by atoms with E-state index in [-0.39, 0.29) is 12.1 Å². The van der Waals surface area contributed by atoms with Gasteiger partial charge in [0.15, 0.2) is 5.13 Å². The highest BCUT2D eigenvalue weighted by atomic mass is 32.1. The normalized spacial score (nSPS) is 17.0. The van der Waals surface area contributed by atoms with Crippen LogP contribution in [-0.2, 0) is 11.3 Å². The average molecular weight is 409 g/mol. The largest absolute Gasteiger partial charge is 0.374 e. The monoisotopic (exact) mass is 408 g/mol. The van der Waals surface area contributed by atoms with Crippen LogP contribution in [0.3, 0.4) is 0 Å². The number of nitrogens with one attached hydrogen (secondary N) is 2. The number of ether oxygens (including phenoxy) is 1. The highest BCUT2D eigenvalue weighted by Gasteiger charge is 2.21. The van der Waals surface area contributed by atoms with Crippen molar-refractivity contribution < 1.29 is 9.53 Å². The molecule has 2 amide bonds. The summed E-state index contributed by atoms with van der Waals surface area (Å²) in [5, 5.41) is 8.23. The number of hydrogen-bond donors (Lipinski definition) is 2. The van der Waals surface area contributed by atoms with E-state index in [4.69, 9.17) is 4.74 Å². The SMILES string of the molecule is O=C(NCC1CN(Cc2ccccc2)CCO1)Nc1nc(-c2ccccc2)cs1. The fourth-order valence-electron chi connectivity index (χ4n) is 3.31. The zero-order chi connectivity index (χ0) is 19.9. The Labute approximate surface area is 174 Å². The Hall–Kier alpha value is -2.74. The second kappa shape index (κ2) is 9.65. The maximum absolute atomic E-state index is 12.2. The van der Waals surface area contributed by atoms with Crippen molar-refractivity contribution in [3.63, 3.8) is 0 Å². The molecule has 1 aliphatic heterocycles. The van der Waals surface area contributed by atoms with Crippen molar-refractivity contribution in [2.75, 3.05) is 31.6 Å². The van der Waals surface area contributed by atoms with Gasteiger partial charge in [0.25, 0.3) is 0 Å². The topological polar surface area (TPSA) is 66.5 Å². The van der Waals surface area contributed by atoms with E-state index in [1.165, 1.54) is 16.9 Å². The Morgan fingerprint density at radius 2 is 1.90 bits per heavy atom. The summed E-state index contributed by atoms with van der Waals surface area (Å²) >= 11 is 1.41. The van der Waals surface area contributed by atoms with Crippen LogP contribution in [0.5, 0.6) is 0 Å². The first-order valence-corrected chi connectivity index (χ1v) is 10.6. The van der Waals surface area contributed by atoms with Gasteiger partial charge in [-0.1, -0.05) is 60.7 Å². The van der Waals surface area contributed by atoms with Crippen LogP contribution in [0.25, 0.3) is 11.3 Å². The summed E-state index contributed by atoms with van der Waals surface area (Å²) in [6, 6.07) is 20.1. The minimum absolute atomic E-state index is 0.0191. The van der Waals surface area contributed by atoms with Crippen molar-refractivity contribution in [3.05, 3.63) is 71.6 Å². The van der Waals surface area contributed by atoms with Gasteiger partial charge in [-0.25, -0.2) is 9.78 Å². The van der Waals surface area contributed by atoms with Crippen molar-refractivity contribution in [3.8, 4) is 11.3 Å². The third-order valence-corrected chi connectivity index (χ3v) is 5.51. The molecule has 3 aromatic rings. The molecule has 0 bridgehead atoms. The zero-order valence-electron chi connectivity index (χ0n) is 16.1. The van der Waals surface area contributed by atoms with E-state index in [2.05, 4.69) is 44.8 Å². The lowest BCUT2D eigenvalue weighted by Crippen LogP contribution is -2.47. The number of amides is 2. The Morgan fingerprint density at radius 3 is 2.69 bits per heavy atom. The van der Waals surface area contributed by atoms with Crippen LogP contribution in [0.4, 0.5) is 9.93 Å². The summed E-state index contributed by atoms with van der Waals surface area (Å²) in [6.07, 6.45) is -0.0191. The Bertz CT molecular complexity index is 917. The van der Waals surface area contributed by atoms with Crippen molar-refractivity contribution in [2.45, 2.75) is 12.6 Å². The van der Waals surface area contributed by atoms with Crippen LogP contribution < -0.4 is 10.6 Å². The lowest BCUT2D eigenvalue weighted by Gasteiger charge is -2.33. The van der Waals surface area contributed by atoms with Gasteiger partial charge in [0.1, 0.15) is 0 Å². The summed E-state index contributed by atoms with van der Waals surface area (Å²) in [5.41, 5.74) is 3.18. The van der Waals surface area contributed by atoms with Crippen LogP contribution in [0.15, 0.2) is 66.0 Å². The summed E-state index contributed by atoms with van der Waals surface area (Å²) in [4.78, 5) is 19.1. The van der Waals surface area contributed by atoms with Gasteiger partial charge < -0.3 is 10.1 Å². The Balaban J connectivity index is 1.24. The molecule has 6 nitrogen and oxygen atoms in total. The Kier molecular flexibility index (Phi) is 6.51. The van der Waals surface area contributed by atoms with Crippen LogP contribution in [-0.4, -0.2) is 48.3 Å². The number of aromatic nitrogens is 1. The summed E-state index contributed by atoms with van der Waals surface area (Å²) in [6.45, 7) is 3.74. The lowest BCUT2D eigenvalue weighted by atomic mass is 10.2. The highest BCUT2D eigenvalue weighted by Crippen LogP contribution is 2.24. The molecule has 1 atom stereocenters. The molecule has 0 aliphatic carbocycles. The van der Waals surface area contributed by atoms with Gasteiger partial charge in [-0.3, -0.25) is 10.2 Å². The number of carbonyl (C=O) groups excluding carboxylic acids is 1. The molecule has 0 saturated carbocycles. The van der Waals surface area contributed by atoms with Crippen molar-refractivity contribution in [1.82, 2.24) is 15.2 Å². The van der Waals surface area contributed by atoms with E-state index in [9.17, 15) is 4.79 Å². The molecule has 4 rings (SSSR count). The predicted molar refractivity (Wildman–Crippen MR) is 116 cm³/mol. The zero-order valence-corrected chi connectivity index (χ0v) is 16.9. The van der Waals surface area contributed by atoms with Crippen LogP contribution >= 0.6 is 11.3 Å². The van der Waals surface area contributed by atoms with Crippen molar-refractivity contribution in [1.29, 1.82) is 0 Å². The maximum Gasteiger partial charge on any atom is 0.321 e. The van der Waals surface area contributed by atoms with E-state index in [0.29, 0.717) is 18.3 Å². The van der Waals surface area contributed by atoms with Gasteiger partial charge in [0.2, 0.25) is 0 Å². The molecule has 2 N–H and O–H groups in total. The van der Waals surface area contributed by atoms with E-state index >= 15 is 0 Å². The second-order valence-corrected chi connectivity index (χ2v) is 7.81. The standard InChI is InChI=1S/C22H24N4O2S/c27-21(25-22-24-20(16-29-22)18-9-5-2-6-10-18)23-13-19-15-26(11-12-28-19)14-17-7-3-1-4-8-17/h1-10,16,19H,11-15H2,(H2,23,24,25,27). The molecule has 0 radical (unpaired) electrons. The first-order chi connectivity index (χ1) is 14.3. The number of carbonyl (C=O) groups is 1. The molecule has 29 heavy (non-hydrogen) atoms. The van der Waals surface area contributed by atoms with E-state index in [1.54, 1.807) is 0 Å². The molecule has 1 unspecified atom stereocenters. The summed E-state index contributed by atoms with van der Waals surface area (Å²) in [5.74, 6) is 0. The van der Waals surface area contributed by atoms with Gasteiger partial charge in [0.05, 0.1) is 18.4 Å². The third kappa shape index (κ3) is 5.63. The first-order valence-electron chi connectivity index (χ1n) is 9.70. The molecular formula is C22H24N4O2S. The number of rotatable bonds is 6. The smallest absolute Gasteiger partial charge is 0.321 e. The number of anilines is 1. The molecule has 0 spiro atoms. The predicted octanol–water partition coefficient (Wildman–Crippen LogP) is 3.83. The second-order valence-electron chi connectivity index (χ2n) is 6.95. The maximum atomic E-state index is 12.2. The molecule has 1 aromatic heterocycles.